The minimum atomic E-state index is -2.32. The van der Waals surface area contributed by atoms with Crippen molar-refractivity contribution in [2.24, 2.45) is 7.05 Å². The van der Waals surface area contributed by atoms with Crippen LogP contribution in [-0.2, 0) is 13.5 Å². The maximum absolute atomic E-state index is 12.4. The Hall–Kier alpha value is -1.70. The van der Waals surface area contributed by atoms with Gasteiger partial charge in [-0.15, -0.1) is 0 Å². The third kappa shape index (κ3) is 3.63. The van der Waals surface area contributed by atoms with Crippen molar-refractivity contribution in [3.63, 3.8) is 0 Å². The van der Waals surface area contributed by atoms with Gasteiger partial charge in [-0.1, -0.05) is 0 Å². The minimum absolute atomic E-state index is 0.000886. The van der Waals surface area contributed by atoms with Crippen LogP contribution in [0.3, 0.4) is 0 Å². The van der Waals surface area contributed by atoms with Crippen molar-refractivity contribution < 1.29 is 13.6 Å². The van der Waals surface area contributed by atoms with Gasteiger partial charge in [0.1, 0.15) is 0 Å². The molecule has 1 aliphatic carbocycles. The number of nitrogens with one attached hydrogen (secondary N) is 1. The van der Waals surface area contributed by atoms with Crippen LogP contribution in [0, 0.1) is 0 Å². The Bertz CT molecular complexity index is 554. The molecule has 3 rings (SSSR count). The van der Waals surface area contributed by atoms with Crippen LogP contribution < -0.4 is 5.32 Å². The highest BCUT2D eigenvalue weighted by atomic mass is 19.3. The molecule has 8 heteroatoms. The van der Waals surface area contributed by atoms with E-state index in [1.165, 1.54) is 5.69 Å². The maximum Gasteiger partial charge on any atom is 0.317 e. The quantitative estimate of drug-likeness (QED) is 0.913. The molecule has 2 heterocycles. The lowest BCUT2D eigenvalue weighted by atomic mass is 9.93. The number of halogens is 2. The van der Waals surface area contributed by atoms with E-state index in [9.17, 15) is 13.6 Å². The topological polar surface area (TPSA) is 53.4 Å². The summed E-state index contributed by atoms with van der Waals surface area (Å²) in [5, 5.41) is 7.36. The zero-order valence-corrected chi connectivity index (χ0v) is 13.3. The van der Waals surface area contributed by atoms with Gasteiger partial charge in [0.2, 0.25) is 0 Å². The van der Waals surface area contributed by atoms with E-state index in [0.29, 0.717) is 26.2 Å². The summed E-state index contributed by atoms with van der Waals surface area (Å²) >= 11 is 0. The first-order chi connectivity index (χ1) is 11.0. The van der Waals surface area contributed by atoms with Crippen molar-refractivity contribution in [3.05, 3.63) is 17.5 Å². The van der Waals surface area contributed by atoms with Gasteiger partial charge in [-0.2, -0.15) is 5.10 Å². The molecule has 1 fully saturated rings. The van der Waals surface area contributed by atoms with E-state index in [2.05, 4.69) is 10.4 Å². The van der Waals surface area contributed by atoms with Crippen molar-refractivity contribution in [2.75, 3.05) is 32.7 Å². The van der Waals surface area contributed by atoms with Crippen LogP contribution in [0.5, 0.6) is 0 Å². The first-order valence-corrected chi connectivity index (χ1v) is 8.11. The van der Waals surface area contributed by atoms with Gasteiger partial charge < -0.3 is 10.2 Å². The van der Waals surface area contributed by atoms with Crippen LogP contribution in [0.15, 0.2) is 6.20 Å². The fraction of sp³-hybridized carbons (Fsp3) is 0.733. The first-order valence-electron chi connectivity index (χ1n) is 8.11. The molecule has 2 amide bonds. The molecule has 1 aromatic rings. The van der Waals surface area contributed by atoms with Gasteiger partial charge in [-0.3, -0.25) is 9.58 Å². The number of fused-ring (bicyclic) bond motifs is 1. The van der Waals surface area contributed by atoms with E-state index in [0.717, 1.165) is 24.8 Å². The Labute approximate surface area is 134 Å². The van der Waals surface area contributed by atoms with Crippen LogP contribution in [0.4, 0.5) is 13.6 Å². The molecule has 0 bridgehead atoms. The normalized spacial score (nSPS) is 22.3. The predicted molar refractivity (Wildman–Crippen MR) is 81.4 cm³/mol. The second-order valence-corrected chi connectivity index (χ2v) is 6.24. The summed E-state index contributed by atoms with van der Waals surface area (Å²) in [5.74, 6) is 0. The Morgan fingerprint density at radius 1 is 1.39 bits per heavy atom. The summed E-state index contributed by atoms with van der Waals surface area (Å²) in [6.07, 6.45) is 2.45. The van der Waals surface area contributed by atoms with Crippen molar-refractivity contribution in [1.29, 1.82) is 0 Å². The van der Waals surface area contributed by atoms with Gasteiger partial charge in [-0.05, 0) is 19.3 Å². The lowest BCUT2D eigenvalue weighted by Crippen LogP contribution is -2.53. The summed E-state index contributed by atoms with van der Waals surface area (Å²) in [6, 6.07) is -0.109. The Morgan fingerprint density at radius 2 is 2.13 bits per heavy atom. The average Bonchev–Trinajstić information content (AvgIpc) is 2.90. The second kappa shape index (κ2) is 6.82. The van der Waals surface area contributed by atoms with Crippen molar-refractivity contribution >= 4 is 6.03 Å². The number of nitrogens with zero attached hydrogens (tertiary/aromatic N) is 4. The van der Waals surface area contributed by atoms with E-state index in [-0.39, 0.29) is 18.6 Å². The SMILES string of the molecule is Cn1ncc2c1CCCC2NC(=O)N1CCN(CC(F)F)CC1. The molecular weight excluding hydrogens is 304 g/mol. The summed E-state index contributed by atoms with van der Waals surface area (Å²) < 4.78 is 26.6. The molecule has 1 aliphatic heterocycles. The number of aryl methyl sites for hydroxylation is 1. The number of hydrogen-bond acceptors (Lipinski definition) is 3. The van der Waals surface area contributed by atoms with Gasteiger partial charge >= 0.3 is 6.03 Å². The lowest BCUT2D eigenvalue weighted by Gasteiger charge is -2.35. The fourth-order valence-corrected chi connectivity index (χ4v) is 3.43. The summed E-state index contributed by atoms with van der Waals surface area (Å²) in [5.41, 5.74) is 2.28. The third-order valence-corrected chi connectivity index (χ3v) is 4.73. The first kappa shape index (κ1) is 16.2. The molecule has 6 nitrogen and oxygen atoms in total. The Balaban J connectivity index is 1.55. The molecule has 0 spiro atoms. The molecule has 128 valence electrons. The summed E-state index contributed by atoms with van der Waals surface area (Å²) in [6.45, 7) is 1.77. The van der Waals surface area contributed by atoms with E-state index >= 15 is 0 Å². The molecule has 23 heavy (non-hydrogen) atoms. The van der Waals surface area contributed by atoms with Gasteiger partial charge in [0.15, 0.2) is 0 Å². The summed E-state index contributed by atoms with van der Waals surface area (Å²) in [7, 11) is 1.92. The molecular formula is C15H23F2N5O. The van der Waals surface area contributed by atoms with Crippen LogP contribution >= 0.6 is 0 Å². The van der Waals surface area contributed by atoms with Crippen molar-refractivity contribution in [3.8, 4) is 0 Å². The number of aromatic nitrogens is 2. The molecule has 2 aliphatic rings. The van der Waals surface area contributed by atoms with Gasteiger partial charge in [0, 0.05) is 44.5 Å². The third-order valence-electron chi connectivity index (χ3n) is 4.73. The number of rotatable bonds is 3. The Morgan fingerprint density at radius 3 is 2.83 bits per heavy atom. The molecule has 1 aromatic heterocycles. The highest BCUT2D eigenvalue weighted by molar-refractivity contribution is 5.75. The van der Waals surface area contributed by atoms with Crippen LogP contribution in [0.2, 0.25) is 0 Å². The predicted octanol–water partition coefficient (Wildman–Crippen LogP) is 1.39. The van der Waals surface area contributed by atoms with Crippen LogP contribution in [-0.4, -0.2) is 64.8 Å². The number of urea groups is 1. The number of carbonyl (C=O) groups is 1. The monoisotopic (exact) mass is 327 g/mol. The fourth-order valence-electron chi connectivity index (χ4n) is 3.43. The van der Waals surface area contributed by atoms with E-state index in [4.69, 9.17) is 0 Å². The number of carbonyl (C=O) groups excluding carboxylic acids is 1. The molecule has 1 saturated heterocycles. The molecule has 1 atom stereocenters. The van der Waals surface area contributed by atoms with E-state index in [1.807, 2.05) is 17.9 Å². The zero-order chi connectivity index (χ0) is 16.4. The maximum atomic E-state index is 12.4. The largest absolute Gasteiger partial charge is 0.331 e. The zero-order valence-electron chi connectivity index (χ0n) is 13.3. The van der Waals surface area contributed by atoms with Crippen LogP contribution in [0.1, 0.15) is 30.1 Å². The highest BCUT2D eigenvalue weighted by Crippen LogP contribution is 2.29. The molecule has 0 saturated carbocycles. The standard InChI is InChI=1S/C15H23F2N5O/c1-20-13-4-2-3-12(11(13)9-18-20)19-15(23)22-7-5-21(6-8-22)10-14(16)17/h9,12,14H,2-8,10H2,1H3,(H,19,23). The van der Waals surface area contributed by atoms with Crippen molar-refractivity contribution in [1.82, 2.24) is 24.9 Å². The number of amides is 2. The molecule has 1 N–H and O–H groups in total. The average molecular weight is 327 g/mol. The smallest absolute Gasteiger partial charge is 0.317 e. The molecule has 0 aromatic carbocycles. The molecule has 1 unspecified atom stereocenters. The summed E-state index contributed by atoms with van der Waals surface area (Å²) in [4.78, 5) is 15.9. The highest BCUT2D eigenvalue weighted by Gasteiger charge is 2.28. The van der Waals surface area contributed by atoms with Gasteiger partial charge in [0.25, 0.3) is 6.43 Å². The number of alkyl halides is 2. The second-order valence-electron chi connectivity index (χ2n) is 6.24. The van der Waals surface area contributed by atoms with E-state index < -0.39 is 6.43 Å². The van der Waals surface area contributed by atoms with Gasteiger partial charge in [-0.25, -0.2) is 13.6 Å². The number of hydrogen-bond donors (Lipinski definition) is 1. The van der Waals surface area contributed by atoms with Gasteiger partial charge in [0.05, 0.1) is 18.8 Å². The number of piperazine rings is 1. The van der Waals surface area contributed by atoms with Crippen molar-refractivity contribution in [2.45, 2.75) is 31.7 Å². The van der Waals surface area contributed by atoms with E-state index in [1.54, 1.807) is 9.80 Å². The van der Waals surface area contributed by atoms with Crippen LogP contribution in [0.25, 0.3) is 0 Å². The molecule has 0 radical (unpaired) electrons. The lowest BCUT2D eigenvalue weighted by molar-refractivity contribution is 0.0632. The minimum Gasteiger partial charge on any atom is -0.331 e. The Kier molecular flexibility index (Phi) is 4.79.